The third-order valence-corrected chi connectivity index (χ3v) is 1.81. The summed E-state index contributed by atoms with van der Waals surface area (Å²) in [5.41, 5.74) is 0.625. The van der Waals surface area contributed by atoms with Crippen LogP contribution in [0.25, 0.3) is 0 Å². The van der Waals surface area contributed by atoms with Crippen molar-refractivity contribution in [2.24, 2.45) is 0 Å². The van der Waals surface area contributed by atoms with E-state index in [0.717, 1.165) is 25.2 Å². The van der Waals surface area contributed by atoms with Gasteiger partial charge in [0.2, 0.25) is 0 Å². The molecule has 0 saturated heterocycles. The van der Waals surface area contributed by atoms with Crippen LogP contribution in [0.1, 0.15) is 5.56 Å². The Hall–Kier alpha value is -0.167. The summed E-state index contributed by atoms with van der Waals surface area (Å²) in [4.78, 5) is 0. The van der Waals surface area contributed by atoms with Gasteiger partial charge in [-0.25, -0.2) is 0 Å². The summed E-state index contributed by atoms with van der Waals surface area (Å²) in [6.07, 6.45) is 0. The number of aryl methyl sites for hydroxylation is 1. The summed E-state index contributed by atoms with van der Waals surface area (Å²) >= 11 is 0.858. The van der Waals surface area contributed by atoms with Gasteiger partial charge in [-0.15, -0.1) is 0 Å². The van der Waals surface area contributed by atoms with E-state index in [1.54, 1.807) is 25.1 Å². The van der Waals surface area contributed by atoms with E-state index in [1.807, 2.05) is 0 Å². The van der Waals surface area contributed by atoms with E-state index in [4.69, 9.17) is 2.81 Å². The van der Waals surface area contributed by atoms with Gasteiger partial charge in [-0.3, -0.25) is 0 Å². The first kappa shape index (κ1) is 7.93. The molecule has 0 aromatic heterocycles. The maximum absolute atomic E-state index is 12.9. The van der Waals surface area contributed by atoms with Crippen LogP contribution in [0.4, 0.5) is 4.39 Å². The second kappa shape index (κ2) is 3.29. The quantitative estimate of drug-likeness (QED) is 0.697. The van der Waals surface area contributed by atoms with E-state index < -0.39 is 0 Å². The second-order valence-corrected chi connectivity index (χ2v) is 2.49. The molecule has 0 fully saturated rings. The second-order valence-electron chi connectivity index (χ2n) is 1.99. The molecule has 0 amide bonds. The first-order valence-electron chi connectivity index (χ1n) is 2.84. The topological polar surface area (TPSA) is 9.23 Å². The Balaban J connectivity index is 3.14. The first-order valence-corrected chi connectivity index (χ1v) is 3.84. The molecule has 0 atom stereocenters. The Morgan fingerprint density at radius 2 is 2.20 bits per heavy atom. The Kier molecular flexibility index (Phi) is 2.61. The van der Waals surface area contributed by atoms with E-state index in [0.29, 0.717) is 11.3 Å². The minimum absolute atomic E-state index is 0.251. The number of rotatable bonds is 1. The number of halogens is 1. The molecule has 1 nitrogen and oxygen atoms in total. The van der Waals surface area contributed by atoms with Crippen LogP contribution in [0.2, 0.25) is 0 Å². The molecule has 0 heterocycles. The maximum atomic E-state index is 12.9. The van der Waals surface area contributed by atoms with Crippen molar-refractivity contribution in [1.29, 1.82) is 0 Å². The molecule has 0 aliphatic carbocycles. The van der Waals surface area contributed by atoms with E-state index >= 15 is 0 Å². The zero-order valence-corrected chi connectivity index (χ0v) is 7.98. The molecule has 1 aromatic rings. The predicted octanol–water partition coefficient (Wildman–Crippen LogP) is 1.97. The molecule has 0 radical (unpaired) electrons. The van der Waals surface area contributed by atoms with Gasteiger partial charge in [0.1, 0.15) is 0 Å². The number of hydrogen-bond donors (Lipinski definition) is 0. The summed E-state index contributed by atoms with van der Waals surface area (Å²) in [5, 5.41) is 0. The zero-order valence-electron chi connectivity index (χ0n) is 5.52. The van der Waals surface area contributed by atoms with Gasteiger partial charge < -0.3 is 0 Å². The molecule has 0 spiro atoms. The van der Waals surface area contributed by atoms with Crippen molar-refractivity contribution >= 4 is 0 Å². The van der Waals surface area contributed by atoms with E-state index in [2.05, 4.69) is 0 Å². The molecule has 3 heteroatoms. The summed E-state index contributed by atoms with van der Waals surface area (Å²) < 4.78 is 17.7. The molecule has 1 rings (SSSR count). The van der Waals surface area contributed by atoms with Crippen LogP contribution in [0.15, 0.2) is 18.2 Å². The SMILES string of the molecule is Cc1cccc([O][Zr])c1F. The molecule has 0 aliphatic rings. The van der Waals surface area contributed by atoms with Crippen LogP contribution in [-0.2, 0) is 25.2 Å². The molecule has 0 unspecified atom stereocenters. The third kappa shape index (κ3) is 1.46. The van der Waals surface area contributed by atoms with Crippen LogP contribution in [-0.4, -0.2) is 0 Å². The normalized spacial score (nSPS) is 9.30. The Morgan fingerprint density at radius 1 is 1.50 bits per heavy atom. The van der Waals surface area contributed by atoms with Crippen LogP contribution in [0.3, 0.4) is 0 Å². The van der Waals surface area contributed by atoms with Crippen molar-refractivity contribution in [2.45, 2.75) is 6.92 Å². The van der Waals surface area contributed by atoms with Crippen molar-refractivity contribution in [3.8, 4) is 5.75 Å². The van der Waals surface area contributed by atoms with E-state index in [1.165, 1.54) is 0 Å². The molecular weight excluding hydrogens is 210 g/mol. The van der Waals surface area contributed by atoms with Crippen LogP contribution in [0.5, 0.6) is 5.75 Å². The standard InChI is InChI=1S/C7H7FO.Zr/c1-5-3-2-4-6(9)7(5)8;/h2-4,9H,1H3;/q;+1/p-1. The molecular formula is C7H6FOZr. The number of benzene rings is 1. The molecule has 0 N–H and O–H groups in total. The van der Waals surface area contributed by atoms with Crippen molar-refractivity contribution in [3.05, 3.63) is 29.6 Å². The first-order chi connectivity index (χ1) is 4.75. The van der Waals surface area contributed by atoms with Gasteiger partial charge in [-0.05, 0) is 0 Å². The summed E-state index contributed by atoms with van der Waals surface area (Å²) in [5.74, 6) is 0.0949. The van der Waals surface area contributed by atoms with Gasteiger partial charge in [0.05, 0.1) is 0 Å². The van der Waals surface area contributed by atoms with Crippen molar-refractivity contribution in [1.82, 2.24) is 0 Å². The zero-order chi connectivity index (χ0) is 7.56. The van der Waals surface area contributed by atoms with Crippen molar-refractivity contribution in [3.63, 3.8) is 0 Å². The average molecular weight is 216 g/mol. The van der Waals surface area contributed by atoms with E-state index in [9.17, 15) is 4.39 Å². The molecule has 51 valence electrons. The molecule has 0 saturated carbocycles. The summed E-state index contributed by atoms with van der Waals surface area (Å²) in [6.45, 7) is 1.72. The molecule has 1 aromatic carbocycles. The average Bonchev–Trinajstić information content (AvgIpc) is 1.95. The molecule has 10 heavy (non-hydrogen) atoms. The van der Waals surface area contributed by atoms with Gasteiger partial charge in [0.15, 0.2) is 0 Å². The fourth-order valence-electron chi connectivity index (χ4n) is 0.699. The van der Waals surface area contributed by atoms with E-state index in [-0.39, 0.29) is 5.82 Å². The van der Waals surface area contributed by atoms with Crippen molar-refractivity contribution in [2.75, 3.05) is 0 Å². The van der Waals surface area contributed by atoms with Crippen molar-refractivity contribution < 1.29 is 32.4 Å². The number of hydrogen-bond acceptors (Lipinski definition) is 1. The van der Waals surface area contributed by atoms with Gasteiger partial charge in [0.25, 0.3) is 0 Å². The molecule has 0 aliphatic heterocycles. The molecule has 0 bridgehead atoms. The van der Waals surface area contributed by atoms with Gasteiger partial charge in [-0.1, -0.05) is 0 Å². The minimum atomic E-state index is -0.251. The van der Waals surface area contributed by atoms with Gasteiger partial charge in [0, 0.05) is 0 Å². The summed E-state index contributed by atoms with van der Waals surface area (Å²) in [6, 6.07) is 5.11. The summed E-state index contributed by atoms with van der Waals surface area (Å²) in [7, 11) is 0. The Morgan fingerprint density at radius 3 is 2.70 bits per heavy atom. The van der Waals surface area contributed by atoms with Crippen LogP contribution < -0.4 is 2.81 Å². The monoisotopic (exact) mass is 215 g/mol. The van der Waals surface area contributed by atoms with Gasteiger partial charge >= 0.3 is 74.6 Å². The Bertz CT molecular complexity index is 237. The fourth-order valence-corrected chi connectivity index (χ4v) is 1.09. The predicted molar refractivity (Wildman–Crippen MR) is 31.8 cm³/mol. The third-order valence-electron chi connectivity index (χ3n) is 1.27. The fraction of sp³-hybridized carbons (Fsp3) is 0.143. The van der Waals surface area contributed by atoms with Gasteiger partial charge in [-0.2, -0.15) is 0 Å². The van der Waals surface area contributed by atoms with Crippen LogP contribution >= 0.6 is 0 Å². The van der Waals surface area contributed by atoms with Crippen LogP contribution in [0, 0.1) is 12.7 Å². The Labute approximate surface area is 74.7 Å².